The van der Waals surface area contributed by atoms with Crippen molar-refractivity contribution in [1.82, 2.24) is 5.32 Å². The van der Waals surface area contributed by atoms with Gasteiger partial charge in [-0.3, -0.25) is 0 Å². The maximum atomic E-state index is 11.8. The lowest BCUT2D eigenvalue weighted by atomic mass is 10.1. The van der Waals surface area contributed by atoms with Gasteiger partial charge in [-0.1, -0.05) is 18.2 Å². The average molecular weight is 306 g/mol. The van der Waals surface area contributed by atoms with E-state index in [1.807, 2.05) is 45.0 Å². The molecular weight excluding hydrogens is 280 g/mol. The van der Waals surface area contributed by atoms with Gasteiger partial charge in [-0.25, -0.2) is 4.79 Å². The lowest BCUT2D eigenvalue weighted by molar-refractivity contribution is 0.0505. The number of aliphatic hydroxyl groups excluding tert-OH is 1. The summed E-state index contributed by atoms with van der Waals surface area (Å²) in [5.74, 6) is 0. The zero-order valence-corrected chi connectivity index (χ0v) is 13.6. The predicted octanol–water partition coefficient (Wildman–Crippen LogP) is 3.04. The highest BCUT2D eigenvalue weighted by molar-refractivity contribution is 5.68. The summed E-state index contributed by atoms with van der Waals surface area (Å²) in [6.45, 7) is 5.60. The number of anilines is 1. The quantitative estimate of drug-likeness (QED) is 0.799. The molecule has 0 saturated heterocycles. The molecule has 0 bridgehead atoms. The number of para-hydroxylation sites is 1. The Balaban J connectivity index is 1.84. The monoisotopic (exact) mass is 306 g/mol. The van der Waals surface area contributed by atoms with Gasteiger partial charge >= 0.3 is 6.09 Å². The fourth-order valence-corrected chi connectivity index (χ4v) is 2.74. The van der Waals surface area contributed by atoms with Crippen LogP contribution >= 0.6 is 0 Å². The third kappa shape index (κ3) is 4.91. The van der Waals surface area contributed by atoms with E-state index in [9.17, 15) is 9.90 Å². The molecule has 1 saturated carbocycles. The van der Waals surface area contributed by atoms with Crippen LogP contribution in [0.25, 0.3) is 0 Å². The van der Waals surface area contributed by atoms with Crippen molar-refractivity contribution in [2.75, 3.05) is 5.32 Å². The summed E-state index contributed by atoms with van der Waals surface area (Å²) < 4.78 is 5.29. The van der Waals surface area contributed by atoms with Crippen molar-refractivity contribution < 1.29 is 14.6 Å². The van der Waals surface area contributed by atoms with Crippen LogP contribution < -0.4 is 10.6 Å². The van der Waals surface area contributed by atoms with Gasteiger partial charge in [0, 0.05) is 23.3 Å². The van der Waals surface area contributed by atoms with Gasteiger partial charge in [0.15, 0.2) is 0 Å². The molecule has 1 aliphatic carbocycles. The van der Waals surface area contributed by atoms with E-state index in [-0.39, 0.29) is 18.7 Å². The van der Waals surface area contributed by atoms with Crippen molar-refractivity contribution in [1.29, 1.82) is 0 Å². The Morgan fingerprint density at radius 1 is 1.27 bits per heavy atom. The lowest BCUT2D eigenvalue weighted by Crippen LogP contribution is -2.38. The number of hydrogen-bond acceptors (Lipinski definition) is 4. The number of rotatable bonds is 4. The molecule has 0 heterocycles. The highest BCUT2D eigenvalue weighted by atomic mass is 16.6. The highest BCUT2D eigenvalue weighted by Gasteiger charge is 2.27. The van der Waals surface area contributed by atoms with Gasteiger partial charge < -0.3 is 20.5 Å². The number of carbonyl (C=O) groups is 1. The van der Waals surface area contributed by atoms with Crippen molar-refractivity contribution in [3.63, 3.8) is 0 Å². The molecule has 0 radical (unpaired) electrons. The SMILES string of the molecule is CC(C)(C)OC(=O)NC1CCC(Nc2ccccc2CO)C1. The van der Waals surface area contributed by atoms with Crippen LogP contribution in [-0.4, -0.2) is 28.9 Å². The van der Waals surface area contributed by atoms with Crippen LogP contribution in [0.3, 0.4) is 0 Å². The molecule has 0 aliphatic heterocycles. The summed E-state index contributed by atoms with van der Waals surface area (Å²) in [4.78, 5) is 11.8. The van der Waals surface area contributed by atoms with E-state index in [0.29, 0.717) is 6.04 Å². The molecule has 1 aromatic rings. The molecule has 2 rings (SSSR count). The normalized spacial score (nSPS) is 21.5. The van der Waals surface area contributed by atoms with Crippen LogP contribution in [0.2, 0.25) is 0 Å². The van der Waals surface area contributed by atoms with Crippen LogP contribution in [-0.2, 0) is 11.3 Å². The minimum absolute atomic E-state index is 0.0233. The van der Waals surface area contributed by atoms with E-state index < -0.39 is 5.60 Å². The molecule has 0 aromatic heterocycles. The van der Waals surface area contributed by atoms with Crippen LogP contribution in [0.15, 0.2) is 24.3 Å². The Kier molecular flexibility index (Phi) is 5.29. The molecule has 22 heavy (non-hydrogen) atoms. The van der Waals surface area contributed by atoms with Crippen LogP contribution in [0.1, 0.15) is 45.6 Å². The molecular formula is C17H26N2O3. The topological polar surface area (TPSA) is 70.6 Å². The first-order valence-electron chi connectivity index (χ1n) is 7.82. The molecule has 2 atom stereocenters. The number of ether oxygens (including phenoxy) is 1. The summed E-state index contributed by atoms with van der Waals surface area (Å²) in [5, 5.41) is 15.7. The van der Waals surface area contributed by atoms with Crippen molar-refractivity contribution in [3.8, 4) is 0 Å². The number of benzene rings is 1. The molecule has 5 nitrogen and oxygen atoms in total. The van der Waals surface area contributed by atoms with E-state index in [1.54, 1.807) is 0 Å². The third-order valence-electron chi connectivity index (χ3n) is 3.70. The Morgan fingerprint density at radius 3 is 2.64 bits per heavy atom. The number of amides is 1. The van der Waals surface area contributed by atoms with E-state index in [2.05, 4.69) is 10.6 Å². The Morgan fingerprint density at radius 2 is 1.95 bits per heavy atom. The molecule has 3 N–H and O–H groups in total. The van der Waals surface area contributed by atoms with Crippen molar-refractivity contribution in [2.24, 2.45) is 0 Å². The highest BCUT2D eigenvalue weighted by Crippen LogP contribution is 2.25. The van der Waals surface area contributed by atoms with Gasteiger partial charge in [-0.2, -0.15) is 0 Å². The molecule has 5 heteroatoms. The van der Waals surface area contributed by atoms with E-state index in [4.69, 9.17) is 4.74 Å². The van der Waals surface area contributed by atoms with Crippen molar-refractivity contribution in [3.05, 3.63) is 29.8 Å². The van der Waals surface area contributed by atoms with Gasteiger partial charge in [-0.05, 0) is 46.1 Å². The summed E-state index contributed by atoms with van der Waals surface area (Å²) in [6, 6.07) is 8.18. The fourth-order valence-electron chi connectivity index (χ4n) is 2.74. The lowest BCUT2D eigenvalue weighted by Gasteiger charge is -2.22. The molecule has 2 unspecified atom stereocenters. The van der Waals surface area contributed by atoms with Crippen LogP contribution in [0.5, 0.6) is 0 Å². The van der Waals surface area contributed by atoms with Gasteiger partial charge in [0.2, 0.25) is 0 Å². The van der Waals surface area contributed by atoms with E-state index in [0.717, 1.165) is 30.5 Å². The molecule has 1 fully saturated rings. The van der Waals surface area contributed by atoms with Crippen LogP contribution in [0, 0.1) is 0 Å². The van der Waals surface area contributed by atoms with E-state index >= 15 is 0 Å². The Hall–Kier alpha value is -1.75. The van der Waals surface area contributed by atoms with E-state index in [1.165, 1.54) is 0 Å². The summed E-state index contributed by atoms with van der Waals surface area (Å²) >= 11 is 0. The first-order chi connectivity index (χ1) is 10.4. The molecule has 1 amide bonds. The third-order valence-corrected chi connectivity index (χ3v) is 3.70. The first-order valence-corrected chi connectivity index (χ1v) is 7.82. The largest absolute Gasteiger partial charge is 0.444 e. The molecule has 1 aromatic carbocycles. The van der Waals surface area contributed by atoms with Gasteiger partial charge in [-0.15, -0.1) is 0 Å². The minimum Gasteiger partial charge on any atom is -0.444 e. The first kappa shape index (κ1) is 16.6. The predicted molar refractivity (Wildman–Crippen MR) is 86.8 cm³/mol. The number of aliphatic hydroxyl groups is 1. The van der Waals surface area contributed by atoms with Crippen LogP contribution in [0.4, 0.5) is 10.5 Å². The summed E-state index contributed by atoms with van der Waals surface area (Å²) in [5.41, 5.74) is 1.39. The Labute approximate surface area is 132 Å². The van der Waals surface area contributed by atoms with Crippen molar-refractivity contribution in [2.45, 2.75) is 64.3 Å². The number of hydrogen-bond donors (Lipinski definition) is 3. The summed E-state index contributed by atoms with van der Waals surface area (Å²) in [6.07, 6.45) is 2.42. The van der Waals surface area contributed by atoms with Gasteiger partial charge in [0.25, 0.3) is 0 Å². The molecule has 122 valence electrons. The average Bonchev–Trinajstić information content (AvgIpc) is 2.84. The zero-order chi connectivity index (χ0) is 16.2. The number of carbonyl (C=O) groups excluding carboxylic acids is 1. The minimum atomic E-state index is -0.472. The number of alkyl carbamates (subject to hydrolysis) is 1. The standard InChI is InChI=1S/C17H26N2O3/c1-17(2,3)22-16(21)19-14-9-8-13(10-14)18-15-7-5-4-6-12(15)11-20/h4-7,13-14,18,20H,8-11H2,1-3H3,(H,19,21). The second-order valence-corrected chi connectivity index (χ2v) is 6.81. The number of nitrogens with one attached hydrogen (secondary N) is 2. The smallest absolute Gasteiger partial charge is 0.407 e. The van der Waals surface area contributed by atoms with Crippen molar-refractivity contribution >= 4 is 11.8 Å². The van der Waals surface area contributed by atoms with Gasteiger partial charge in [0.05, 0.1) is 6.61 Å². The molecule has 0 spiro atoms. The Bertz CT molecular complexity index is 511. The summed E-state index contributed by atoms with van der Waals surface area (Å²) in [7, 11) is 0. The second-order valence-electron chi connectivity index (χ2n) is 6.81. The fraction of sp³-hybridized carbons (Fsp3) is 0.588. The second kappa shape index (κ2) is 7.01. The van der Waals surface area contributed by atoms with Gasteiger partial charge in [0.1, 0.15) is 5.60 Å². The zero-order valence-electron chi connectivity index (χ0n) is 13.6. The maximum Gasteiger partial charge on any atom is 0.407 e. The molecule has 1 aliphatic rings. The maximum absolute atomic E-state index is 11.8.